The van der Waals surface area contributed by atoms with Gasteiger partial charge >= 0.3 is 0 Å². The Kier molecular flexibility index (Phi) is 2.43. The van der Waals surface area contributed by atoms with Crippen LogP contribution in [0.15, 0.2) is 24.8 Å². The van der Waals surface area contributed by atoms with Gasteiger partial charge in [-0.05, 0) is 6.07 Å². The fourth-order valence-corrected chi connectivity index (χ4v) is 1.03. The highest BCUT2D eigenvalue weighted by molar-refractivity contribution is 5.66. The number of nitrogens with two attached hydrogens (primary N) is 1. The van der Waals surface area contributed by atoms with Crippen LogP contribution in [-0.2, 0) is 0 Å². The molecular formula is C9H9F2N. The van der Waals surface area contributed by atoms with E-state index in [1.54, 1.807) is 6.07 Å². The number of nitrogen functional groups attached to an aromatic ring is 1. The van der Waals surface area contributed by atoms with Crippen molar-refractivity contribution in [2.45, 2.75) is 6.43 Å². The molecule has 0 aliphatic rings. The van der Waals surface area contributed by atoms with Crippen molar-refractivity contribution in [1.82, 2.24) is 0 Å². The lowest BCUT2D eigenvalue weighted by atomic mass is 10.1. The zero-order chi connectivity index (χ0) is 9.14. The molecular weight excluding hydrogens is 160 g/mol. The first kappa shape index (κ1) is 8.71. The molecule has 1 aromatic rings. The van der Waals surface area contributed by atoms with Gasteiger partial charge in [0.25, 0.3) is 6.43 Å². The van der Waals surface area contributed by atoms with Crippen molar-refractivity contribution in [1.29, 1.82) is 0 Å². The SMILES string of the molecule is C=Cc1c(N)cccc1C(F)F. The van der Waals surface area contributed by atoms with Crippen LogP contribution in [-0.4, -0.2) is 0 Å². The van der Waals surface area contributed by atoms with Gasteiger partial charge in [0.05, 0.1) is 0 Å². The van der Waals surface area contributed by atoms with Gasteiger partial charge in [-0.1, -0.05) is 24.8 Å². The topological polar surface area (TPSA) is 26.0 Å². The Labute approximate surface area is 69.5 Å². The molecule has 1 rings (SSSR count). The van der Waals surface area contributed by atoms with Gasteiger partial charge in [-0.15, -0.1) is 0 Å². The van der Waals surface area contributed by atoms with E-state index in [0.717, 1.165) is 0 Å². The Morgan fingerprint density at radius 1 is 1.42 bits per heavy atom. The Morgan fingerprint density at radius 3 is 2.50 bits per heavy atom. The molecule has 1 aromatic carbocycles. The molecule has 0 fully saturated rings. The molecule has 0 aliphatic heterocycles. The summed E-state index contributed by atoms with van der Waals surface area (Å²) < 4.78 is 24.6. The third-order valence-electron chi connectivity index (χ3n) is 1.61. The smallest absolute Gasteiger partial charge is 0.264 e. The summed E-state index contributed by atoms with van der Waals surface area (Å²) in [6.07, 6.45) is -1.15. The summed E-state index contributed by atoms with van der Waals surface area (Å²) in [7, 11) is 0. The molecule has 0 spiro atoms. The average Bonchev–Trinajstić information content (AvgIpc) is 2.03. The third-order valence-corrected chi connectivity index (χ3v) is 1.61. The molecule has 0 atom stereocenters. The maximum absolute atomic E-state index is 12.3. The van der Waals surface area contributed by atoms with Crippen molar-refractivity contribution < 1.29 is 8.78 Å². The number of halogens is 2. The summed E-state index contributed by atoms with van der Waals surface area (Å²) in [5.41, 5.74) is 6.06. The normalized spacial score (nSPS) is 10.2. The van der Waals surface area contributed by atoms with Crippen molar-refractivity contribution in [3.05, 3.63) is 35.9 Å². The third kappa shape index (κ3) is 1.44. The lowest BCUT2D eigenvalue weighted by Gasteiger charge is -2.06. The number of hydrogen-bond acceptors (Lipinski definition) is 1. The molecule has 3 heteroatoms. The largest absolute Gasteiger partial charge is 0.398 e. The molecule has 0 aromatic heterocycles. The van der Waals surface area contributed by atoms with Crippen LogP contribution in [0.4, 0.5) is 14.5 Å². The number of benzene rings is 1. The fraction of sp³-hybridized carbons (Fsp3) is 0.111. The van der Waals surface area contributed by atoms with E-state index in [1.165, 1.54) is 18.2 Å². The van der Waals surface area contributed by atoms with Crippen molar-refractivity contribution in [2.75, 3.05) is 5.73 Å². The Bertz CT molecular complexity index is 295. The number of anilines is 1. The van der Waals surface area contributed by atoms with Crippen LogP contribution < -0.4 is 5.73 Å². The summed E-state index contributed by atoms with van der Waals surface area (Å²) in [5.74, 6) is 0. The molecule has 0 aliphatic carbocycles. The van der Waals surface area contributed by atoms with Gasteiger partial charge in [-0.3, -0.25) is 0 Å². The fourth-order valence-electron chi connectivity index (χ4n) is 1.03. The molecule has 12 heavy (non-hydrogen) atoms. The van der Waals surface area contributed by atoms with E-state index in [2.05, 4.69) is 6.58 Å². The van der Waals surface area contributed by atoms with E-state index in [0.29, 0.717) is 11.3 Å². The zero-order valence-electron chi connectivity index (χ0n) is 6.43. The van der Waals surface area contributed by atoms with Gasteiger partial charge in [-0.2, -0.15) is 0 Å². The van der Waals surface area contributed by atoms with Crippen LogP contribution in [0.25, 0.3) is 6.08 Å². The van der Waals surface area contributed by atoms with E-state index < -0.39 is 6.43 Å². The minimum Gasteiger partial charge on any atom is -0.398 e. The molecule has 0 amide bonds. The molecule has 2 N–H and O–H groups in total. The average molecular weight is 169 g/mol. The summed E-state index contributed by atoms with van der Waals surface area (Å²) in [6, 6.07) is 4.42. The number of alkyl halides is 2. The van der Waals surface area contributed by atoms with Crippen LogP contribution in [0.3, 0.4) is 0 Å². The van der Waals surface area contributed by atoms with Gasteiger partial charge in [0.15, 0.2) is 0 Å². The summed E-state index contributed by atoms with van der Waals surface area (Å²) in [4.78, 5) is 0. The Balaban J connectivity index is 3.27. The minimum atomic E-state index is -2.50. The number of hydrogen-bond donors (Lipinski definition) is 1. The van der Waals surface area contributed by atoms with Crippen LogP contribution in [0.2, 0.25) is 0 Å². The maximum Gasteiger partial charge on any atom is 0.264 e. The minimum absolute atomic E-state index is 0.0648. The van der Waals surface area contributed by atoms with Gasteiger partial charge in [-0.25, -0.2) is 8.78 Å². The van der Waals surface area contributed by atoms with Gasteiger partial charge in [0, 0.05) is 16.8 Å². The van der Waals surface area contributed by atoms with E-state index >= 15 is 0 Å². The summed E-state index contributed by atoms with van der Waals surface area (Å²) >= 11 is 0. The monoisotopic (exact) mass is 169 g/mol. The lowest BCUT2D eigenvalue weighted by Crippen LogP contribution is -1.95. The molecule has 1 nitrogen and oxygen atoms in total. The first-order valence-electron chi connectivity index (χ1n) is 3.45. The predicted molar refractivity (Wildman–Crippen MR) is 45.9 cm³/mol. The van der Waals surface area contributed by atoms with Crippen molar-refractivity contribution in [3.8, 4) is 0 Å². The summed E-state index contributed by atoms with van der Waals surface area (Å²) in [6.45, 7) is 3.42. The van der Waals surface area contributed by atoms with Crippen LogP contribution in [0.1, 0.15) is 17.6 Å². The molecule has 0 saturated heterocycles. The molecule has 0 heterocycles. The van der Waals surface area contributed by atoms with E-state index in [-0.39, 0.29) is 5.56 Å². The predicted octanol–water partition coefficient (Wildman–Crippen LogP) is 2.85. The second-order valence-electron chi connectivity index (χ2n) is 2.35. The second-order valence-corrected chi connectivity index (χ2v) is 2.35. The molecule has 0 radical (unpaired) electrons. The quantitative estimate of drug-likeness (QED) is 0.677. The van der Waals surface area contributed by atoms with E-state index in [9.17, 15) is 8.78 Å². The van der Waals surface area contributed by atoms with Crippen LogP contribution >= 0.6 is 0 Å². The maximum atomic E-state index is 12.3. The van der Waals surface area contributed by atoms with Crippen LogP contribution in [0, 0.1) is 0 Å². The van der Waals surface area contributed by atoms with Crippen molar-refractivity contribution >= 4 is 11.8 Å². The standard InChI is InChI=1S/C9H9F2N/c1-2-6-7(9(10)11)4-3-5-8(6)12/h2-5,9H,1,12H2. The number of rotatable bonds is 2. The molecule has 0 bridgehead atoms. The zero-order valence-corrected chi connectivity index (χ0v) is 6.43. The highest BCUT2D eigenvalue weighted by Crippen LogP contribution is 2.27. The second kappa shape index (κ2) is 3.34. The lowest BCUT2D eigenvalue weighted by molar-refractivity contribution is 0.151. The van der Waals surface area contributed by atoms with Gasteiger partial charge < -0.3 is 5.73 Å². The van der Waals surface area contributed by atoms with Crippen molar-refractivity contribution in [2.24, 2.45) is 0 Å². The van der Waals surface area contributed by atoms with E-state index in [4.69, 9.17) is 5.73 Å². The van der Waals surface area contributed by atoms with Crippen LogP contribution in [0.5, 0.6) is 0 Å². The highest BCUT2D eigenvalue weighted by atomic mass is 19.3. The molecule has 64 valence electrons. The first-order valence-corrected chi connectivity index (χ1v) is 3.45. The van der Waals surface area contributed by atoms with Gasteiger partial charge in [0.2, 0.25) is 0 Å². The van der Waals surface area contributed by atoms with Gasteiger partial charge in [0.1, 0.15) is 0 Å². The highest BCUT2D eigenvalue weighted by Gasteiger charge is 2.11. The molecule has 0 saturated carbocycles. The Hall–Kier alpha value is -1.38. The molecule has 0 unspecified atom stereocenters. The Morgan fingerprint density at radius 2 is 2.08 bits per heavy atom. The first-order chi connectivity index (χ1) is 5.66. The summed E-state index contributed by atoms with van der Waals surface area (Å²) in [5, 5.41) is 0. The van der Waals surface area contributed by atoms with Crippen molar-refractivity contribution in [3.63, 3.8) is 0 Å². The van der Waals surface area contributed by atoms with E-state index in [1.807, 2.05) is 0 Å².